The fraction of sp³-hybridized carbons (Fsp3) is 1.00. The van der Waals surface area contributed by atoms with Crippen molar-refractivity contribution in [2.24, 2.45) is 0 Å². The molecule has 122 valence electrons. The highest BCUT2D eigenvalue weighted by Gasteiger charge is 2.13. The number of nitrogens with zero attached hydrogens (tertiary/aromatic N) is 1. The van der Waals surface area contributed by atoms with Gasteiger partial charge in [0, 0.05) is 46.0 Å². The lowest BCUT2D eigenvalue weighted by atomic mass is 10.1. The molecule has 0 heterocycles. The summed E-state index contributed by atoms with van der Waals surface area (Å²) in [6.45, 7) is 13.4. The quantitative estimate of drug-likeness (QED) is 0.470. The number of ether oxygens (including phenoxy) is 2. The molecule has 0 saturated heterocycles. The first-order chi connectivity index (χ1) is 9.79. The zero-order valence-electron chi connectivity index (χ0n) is 14.1. The zero-order valence-corrected chi connectivity index (χ0v) is 14.1. The van der Waals surface area contributed by atoms with Gasteiger partial charge in [-0.3, -0.25) is 4.90 Å². The van der Waals surface area contributed by atoms with Crippen molar-refractivity contribution in [3.05, 3.63) is 0 Å². The van der Waals surface area contributed by atoms with Crippen LogP contribution in [-0.4, -0.2) is 64.1 Å². The van der Waals surface area contributed by atoms with Crippen LogP contribution in [0.25, 0.3) is 0 Å². The third-order valence-electron chi connectivity index (χ3n) is 3.71. The predicted octanol–water partition coefficient (Wildman–Crippen LogP) is 2.53. The molecular weight excluding hydrogens is 252 g/mol. The SMILES string of the molecule is CCOCCCCNCCN(CCOC)C(CC)CC. The molecule has 0 spiro atoms. The monoisotopic (exact) mass is 288 g/mol. The van der Waals surface area contributed by atoms with Crippen molar-refractivity contribution in [1.82, 2.24) is 10.2 Å². The maximum atomic E-state index is 5.33. The molecule has 0 saturated carbocycles. The van der Waals surface area contributed by atoms with Crippen molar-refractivity contribution in [3.63, 3.8) is 0 Å². The Morgan fingerprint density at radius 3 is 2.30 bits per heavy atom. The van der Waals surface area contributed by atoms with E-state index in [4.69, 9.17) is 9.47 Å². The molecule has 0 bridgehead atoms. The van der Waals surface area contributed by atoms with E-state index >= 15 is 0 Å². The van der Waals surface area contributed by atoms with Gasteiger partial charge >= 0.3 is 0 Å². The Balaban J connectivity index is 3.67. The van der Waals surface area contributed by atoms with E-state index < -0.39 is 0 Å². The fourth-order valence-electron chi connectivity index (χ4n) is 2.44. The molecule has 0 fully saturated rings. The third-order valence-corrected chi connectivity index (χ3v) is 3.71. The van der Waals surface area contributed by atoms with E-state index in [-0.39, 0.29) is 0 Å². The first kappa shape index (κ1) is 19.8. The van der Waals surface area contributed by atoms with Crippen LogP contribution < -0.4 is 5.32 Å². The van der Waals surface area contributed by atoms with E-state index in [2.05, 4.69) is 24.1 Å². The predicted molar refractivity (Wildman–Crippen MR) is 86.4 cm³/mol. The molecule has 0 aromatic rings. The maximum Gasteiger partial charge on any atom is 0.0589 e. The van der Waals surface area contributed by atoms with Gasteiger partial charge in [0.1, 0.15) is 0 Å². The highest BCUT2D eigenvalue weighted by molar-refractivity contribution is 4.70. The summed E-state index contributed by atoms with van der Waals surface area (Å²) in [5, 5.41) is 3.53. The van der Waals surface area contributed by atoms with Crippen LogP contribution in [0.3, 0.4) is 0 Å². The molecule has 4 heteroatoms. The maximum absolute atomic E-state index is 5.33. The molecule has 0 unspecified atom stereocenters. The molecular formula is C16H36N2O2. The molecule has 0 radical (unpaired) electrons. The van der Waals surface area contributed by atoms with Crippen LogP contribution in [0, 0.1) is 0 Å². The van der Waals surface area contributed by atoms with Crippen LogP contribution in [0.1, 0.15) is 46.5 Å². The van der Waals surface area contributed by atoms with E-state index in [1.54, 1.807) is 7.11 Å². The van der Waals surface area contributed by atoms with Gasteiger partial charge in [0.05, 0.1) is 6.61 Å². The molecule has 0 aliphatic rings. The minimum absolute atomic E-state index is 0.685. The fourth-order valence-corrected chi connectivity index (χ4v) is 2.44. The molecule has 0 amide bonds. The number of methoxy groups -OCH3 is 1. The van der Waals surface area contributed by atoms with E-state index in [1.165, 1.54) is 19.3 Å². The summed E-state index contributed by atoms with van der Waals surface area (Å²) in [7, 11) is 1.78. The summed E-state index contributed by atoms with van der Waals surface area (Å²) in [4.78, 5) is 2.55. The van der Waals surface area contributed by atoms with Gasteiger partial charge < -0.3 is 14.8 Å². The van der Waals surface area contributed by atoms with Gasteiger partial charge in [-0.15, -0.1) is 0 Å². The lowest BCUT2D eigenvalue weighted by molar-refractivity contribution is 0.115. The normalized spacial score (nSPS) is 11.7. The van der Waals surface area contributed by atoms with Crippen molar-refractivity contribution in [1.29, 1.82) is 0 Å². The molecule has 1 N–H and O–H groups in total. The second kappa shape index (κ2) is 15.2. The van der Waals surface area contributed by atoms with Crippen molar-refractivity contribution in [3.8, 4) is 0 Å². The lowest BCUT2D eigenvalue weighted by Gasteiger charge is -2.30. The molecule has 0 rings (SSSR count). The topological polar surface area (TPSA) is 33.7 Å². The summed E-state index contributed by atoms with van der Waals surface area (Å²) in [5.74, 6) is 0. The second-order valence-corrected chi connectivity index (χ2v) is 5.15. The Hall–Kier alpha value is -0.160. The van der Waals surface area contributed by atoms with Crippen molar-refractivity contribution in [2.45, 2.75) is 52.5 Å². The zero-order chi connectivity index (χ0) is 15.1. The van der Waals surface area contributed by atoms with Crippen LogP contribution in [0.4, 0.5) is 0 Å². The van der Waals surface area contributed by atoms with E-state index in [0.29, 0.717) is 6.04 Å². The van der Waals surface area contributed by atoms with E-state index in [0.717, 1.165) is 52.4 Å². The van der Waals surface area contributed by atoms with Gasteiger partial charge in [0.25, 0.3) is 0 Å². The van der Waals surface area contributed by atoms with Gasteiger partial charge in [-0.25, -0.2) is 0 Å². The number of nitrogens with one attached hydrogen (secondary N) is 1. The Morgan fingerprint density at radius 2 is 1.70 bits per heavy atom. The largest absolute Gasteiger partial charge is 0.383 e. The van der Waals surface area contributed by atoms with Crippen LogP contribution in [-0.2, 0) is 9.47 Å². The van der Waals surface area contributed by atoms with Gasteiger partial charge in [0.2, 0.25) is 0 Å². The lowest BCUT2D eigenvalue weighted by Crippen LogP contribution is -2.41. The van der Waals surface area contributed by atoms with Crippen LogP contribution in [0.15, 0.2) is 0 Å². The van der Waals surface area contributed by atoms with Gasteiger partial charge in [-0.2, -0.15) is 0 Å². The summed E-state index contributed by atoms with van der Waals surface area (Å²) >= 11 is 0. The van der Waals surface area contributed by atoms with Crippen molar-refractivity contribution < 1.29 is 9.47 Å². The third kappa shape index (κ3) is 10.6. The smallest absolute Gasteiger partial charge is 0.0589 e. The van der Waals surface area contributed by atoms with Crippen molar-refractivity contribution in [2.75, 3.05) is 53.1 Å². The highest BCUT2D eigenvalue weighted by atomic mass is 16.5. The highest BCUT2D eigenvalue weighted by Crippen LogP contribution is 2.07. The number of hydrogen-bond donors (Lipinski definition) is 1. The number of unbranched alkanes of at least 4 members (excludes halogenated alkanes) is 1. The molecule has 0 atom stereocenters. The average molecular weight is 288 g/mol. The molecule has 0 aromatic carbocycles. The Kier molecular flexibility index (Phi) is 15.1. The molecule has 0 aromatic heterocycles. The Morgan fingerprint density at radius 1 is 0.950 bits per heavy atom. The second-order valence-electron chi connectivity index (χ2n) is 5.15. The standard InChI is InChI=1S/C16H36N2O2/c1-5-16(6-2)18(13-15-19-4)12-11-17-10-8-9-14-20-7-3/h16-17H,5-15H2,1-4H3. The van der Waals surface area contributed by atoms with Gasteiger partial charge in [0.15, 0.2) is 0 Å². The number of rotatable bonds is 15. The average Bonchev–Trinajstić information content (AvgIpc) is 2.47. The first-order valence-corrected chi connectivity index (χ1v) is 8.31. The van der Waals surface area contributed by atoms with Gasteiger partial charge in [-0.05, 0) is 39.2 Å². The van der Waals surface area contributed by atoms with Gasteiger partial charge in [-0.1, -0.05) is 13.8 Å². The molecule has 0 aliphatic carbocycles. The van der Waals surface area contributed by atoms with E-state index in [1.807, 2.05) is 6.92 Å². The minimum Gasteiger partial charge on any atom is -0.383 e. The van der Waals surface area contributed by atoms with Crippen LogP contribution in [0.5, 0.6) is 0 Å². The summed E-state index contributed by atoms with van der Waals surface area (Å²) in [5.41, 5.74) is 0. The molecule has 20 heavy (non-hydrogen) atoms. The molecule has 0 aliphatic heterocycles. The molecule has 4 nitrogen and oxygen atoms in total. The first-order valence-electron chi connectivity index (χ1n) is 8.31. The van der Waals surface area contributed by atoms with Crippen LogP contribution >= 0.6 is 0 Å². The van der Waals surface area contributed by atoms with Crippen molar-refractivity contribution >= 4 is 0 Å². The van der Waals surface area contributed by atoms with Crippen LogP contribution in [0.2, 0.25) is 0 Å². The summed E-state index contributed by atoms with van der Waals surface area (Å²) < 4.78 is 10.6. The Labute approximate surface area is 126 Å². The number of hydrogen-bond acceptors (Lipinski definition) is 4. The minimum atomic E-state index is 0.685. The summed E-state index contributed by atoms with van der Waals surface area (Å²) in [6.07, 6.45) is 4.78. The summed E-state index contributed by atoms with van der Waals surface area (Å²) in [6, 6.07) is 0.685. The van der Waals surface area contributed by atoms with E-state index in [9.17, 15) is 0 Å². The Bertz CT molecular complexity index is 187.